The van der Waals surface area contributed by atoms with Gasteiger partial charge in [-0.3, -0.25) is 0 Å². The third kappa shape index (κ3) is 2.20. The molecule has 4 unspecified atom stereocenters. The lowest BCUT2D eigenvalue weighted by Gasteiger charge is -2.27. The van der Waals surface area contributed by atoms with Gasteiger partial charge in [-0.1, -0.05) is 12.5 Å². The first-order chi connectivity index (χ1) is 9.22. The zero-order valence-electron chi connectivity index (χ0n) is 11.6. The third-order valence-corrected chi connectivity index (χ3v) is 4.95. The lowest BCUT2D eigenvalue weighted by atomic mass is 9.82. The van der Waals surface area contributed by atoms with Crippen LogP contribution in [0.1, 0.15) is 37.4 Å². The summed E-state index contributed by atoms with van der Waals surface area (Å²) in [4.78, 5) is 0. The molecular weight excluding hydrogens is 240 g/mol. The van der Waals surface area contributed by atoms with Crippen molar-refractivity contribution in [1.82, 2.24) is 0 Å². The van der Waals surface area contributed by atoms with E-state index in [0.29, 0.717) is 23.3 Å². The summed E-state index contributed by atoms with van der Waals surface area (Å²) in [5.41, 5.74) is 0.954. The average Bonchev–Trinajstić information content (AvgIpc) is 3.08. The Balaban J connectivity index is 1.81. The molecule has 1 aromatic carbocycles. The van der Waals surface area contributed by atoms with Crippen molar-refractivity contribution in [3.63, 3.8) is 0 Å². The SMILES string of the molecule is COc1ccc(C(O)C2CC3CCC2C3)cc1OC. The van der Waals surface area contributed by atoms with Crippen LogP contribution in [0, 0.1) is 17.8 Å². The summed E-state index contributed by atoms with van der Waals surface area (Å²) in [6.07, 6.45) is 4.78. The Bertz CT molecular complexity index is 457. The second kappa shape index (κ2) is 5.04. The highest BCUT2D eigenvalue weighted by Gasteiger charge is 2.43. The summed E-state index contributed by atoms with van der Waals surface area (Å²) >= 11 is 0. The van der Waals surface area contributed by atoms with Crippen molar-refractivity contribution < 1.29 is 14.6 Å². The number of aliphatic hydroxyl groups is 1. The first-order valence-electron chi connectivity index (χ1n) is 7.13. The highest BCUT2D eigenvalue weighted by atomic mass is 16.5. The zero-order valence-corrected chi connectivity index (χ0v) is 11.6. The molecular formula is C16H22O3. The van der Waals surface area contributed by atoms with Crippen molar-refractivity contribution in [1.29, 1.82) is 0 Å². The number of ether oxygens (including phenoxy) is 2. The van der Waals surface area contributed by atoms with Crippen molar-refractivity contribution in [2.45, 2.75) is 31.8 Å². The molecule has 0 radical (unpaired) electrons. The molecule has 2 aliphatic rings. The number of aliphatic hydroxyl groups excluding tert-OH is 1. The molecule has 2 bridgehead atoms. The van der Waals surface area contributed by atoms with Gasteiger partial charge in [-0.2, -0.15) is 0 Å². The molecule has 0 aromatic heterocycles. The first kappa shape index (κ1) is 12.8. The van der Waals surface area contributed by atoms with Gasteiger partial charge in [-0.25, -0.2) is 0 Å². The molecule has 3 rings (SSSR count). The van der Waals surface area contributed by atoms with Crippen LogP contribution in [0.25, 0.3) is 0 Å². The van der Waals surface area contributed by atoms with E-state index in [2.05, 4.69) is 0 Å². The highest BCUT2D eigenvalue weighted by Crippen LogP contribution is 2.52. The van der Waals surface area contributed by atoms with Crippen LogP contribution in [0.2, 0.25) is 0 Å². The zero-order chi connectivity index (χ0) is 13.4. The van der Waals surface area contributed by atoms with Gasteiger partial charge in [-0.05, 0) is 54.7 Å². The van der Waals surface area contributed by atoms with Gasteiger partial charge < -0.3 is 14.6 Å². The number of benzene rings is 1. The second-order valence-electron chi connectivity index (χ2n) is 5.90. The predicted molar refractivity (Wildman–Crippen MR) is 73.4 cm³/mol. The Morgan fingerprint density at radius 2 is 1.89 bits per heavy atom. The summed E-state index contributed by atoms with van der Waals surface area (Å²) in [5, 5.41) is 10.6. The number of hydrogen-bond donors (Lipinski definition) is 1. The smallest absolute Gasteiger partial charge is 0.161 e. The average molecular weight is 262 g/mol. The maximum atomic E-state index is 10.6. The number of methoxy groups -OCH3 is 2. The van der Waals surface area contributed by atoms with Gasteiger partial charge in [0.25, 0.3) is 0 Å². The van der Waals surface area contributed by atoms with E-state index in [4.69, 9.17) is 9.47 Å². The van der Waals surface area contributed by atoms with Crippen LogP contribution >= 0.6 is 0 Å². The fraction of sp³-hybridized carbons (Fsp3) is 0.625. The summed E-state index contributed by atoms with van der Waals surface area (Å²) in [5.74, 6) is 3.41. The van der Waals surface area contributed by atoms with Crippen LogP contribution in [0.4, 0.5) is 0 Å². The van der Waals surface area contributed by atoms with Gasteiger partial charge in [0.15, 0.2) is 11.5 Å². The normalized spacial score (nSPS) is 30.4. The van der Waals surface area contributed by atoms with E-state index in [-0.39, 0.29) is 6.10 Å². The fourth-order valence-electron chi connectivity index (χ4n) is 3.96. The van der Waals surface area contributed by atoms with E-state index >= 15 is 0 Å². The van der Waals surface area contributed by atoms with Crippen LogP contribution in [0.3, 0.4) is 0 Å². The van der Waals surface area contributed by atoms with E-state index in [1.165, 1.54) is 25.7 Å². The first-order valence-corrected chi connectivity index (χ1v) is 7.13. The topological polar surface area (TPSA) is 38.7 Å². The van der Waals surface area contributed by atoms with Gasteiger partial charge in [0.05, 0.1) is 20.3 Å². The van der Waals surface area contributed by atoms with Crippen molar-refractivity contribution in [2.75, 3.05) is 14.2 Å². The van der Waals surface area contributed by atoms with Crippen LogP contribution in [-0.4, -0.2) is 19.3 Å². The molecule has 0 spiro atoms. The van der Waals surface area contributed by atoms with Crippen molar-refractivity contribution in [3.05, 3.63) is 23.8 Å². The molecule has 2 saturated carbocycles. The molecule has 0 amide bonds. The van der Waals surface area contributed by atoms with Crippen molar-refractivity contribution in [3.8, 4) is 11.5 Å². The van der Waals surface area contributed by atoms with Gasteiger partial charge in [0, 0.05) is 0 Å². The quantitative estimate of drug-likeness (QED) is 0.905. The Hall–Kier alpha value is -1.22. The molecule has 2 aliphatic carbocycles. The monoisotopic (exact) mass is 262 g/mol. The number of hydrogen-bond acceptors (Lipinski definition) is 3. The second-order valence-corrected chi connectivity index (χ2v) is 5.90. The van der Waals surface area contributed by atoms with Crippen LogP contribution in [0.5, 0.6) is 11.5 Å². The van der Waals surface area contributed by atoms with Crippen molar-refractivity contribution in [2.24, 2.45) is 17.8 Å². The van der Waals surface area contributed by atoms with Gasteiger partial charge in [-0.15, -0.1) is 0 Å². The Morgan fingerprint density at radius 3 is 2.47 bits per heavy atom. The molecule has 19 heavy (non-hydrogen) atoms. The Morgan fingerprint density at radius 1 is 1.11 bits per heavy atom. The third-order valence-electron chi connectivity index (χ3n) is 4.95. The minimum atomic E-state index is -0.366. The van der Waals surface area contributed by atoms with Crippen LogP contribution in [-0.2, 0) is 0 Å². The maximum Gasteiger partial charge on any atom is 0.161 e. The standard InChI is InChI=1S/C16H22O3/c1-18-14-6-5-12(9-15(14)19-2)16(17)13-8-10-3-4-11(13)7-10/h5-6,9-11,13,16-17H,3-4,7-8H2,1-2H3. The molecule has 1 N–H and O–H groups in total. The highest BCUT2D eigenvalue weighted by molar-refractivity contribution is 5.43. The van der Waals surface area contributed by atoms with Crippen molar-refractivity contribution >= 4 is 0 Å². The molecule has 3 heteroatoms. The van der Waals surface area contributed by atoms with E-state index in [1.54, 1.807) is 14.2 Å². The molecule has 4 atom stereocenters. The van der Waals surface area contributed by atoms with E-state index < -0.39 is 0 Å². The van der Waals surface area contributed by atoms with Gasteiger partial charge in [0.1, 0.15) is 0 Å². The van der Waals surface area contributed by atoms with E-state index in [9.17, 15) is 5.11 Å². The van der Waals surface area contributed by atoms with Crippen LogP contribution in [0.15, 0.2) is 18.2 Å². The lowest BCUT2D eigenvalue weighted by molar-refractivity contribution is 0.0742. The maximum absolute atomic E-state index is 10.6. The summed E-state index contributed by atoms with van der Waals surface area (Å²) in [6.45, 7) is 0. The van der Waals surface area contributed by atoms with Gasteiger partial charge in [0.2, 0.25) is 0 Å². The van der Waals surface area contributed by atoms with E-state index in [0.717, 1.165) is 11.5 Å². The summed E-state index contributed by atoms with van der Waals surface area (Å²) in [7, 11) is 3.26. The number of fused-ring (bicyclic) bond motifs is 2. The lowest BCUT2D eigenvalue weighted by Crippen LogP contribution is -2.19. The molecule has 3 nitrogen and oxygen atoms in total. The molecule has 0 heterocycles. The molecule has 104 valence electrons. The molecule has 0 saturated heterocycles. The summed E-state index contributed by atoms with van der Waals surface area (Å²) in [6, 6.07) is 5.75. The minimum Gasteiger partial charge on any atom is -0.493 e. The molecule has 1 aromatic rings. The van der Waals surface area contributed by atoms with Gasteiger partial charge >= 0.3 is 0 Å². The fourth-order valence-corrected chi connectivity index (χ4v) is 3.96. The molecule has 0 aliphatic heterocycles. The van der Waals surface area contributed by atoms with E-state index in [1.807, 2.05) is 18.2 Å². The summed E-state index contributed by atoms with van der Waals surface area (Å²) < 4.78 is 10.6. The molecule has 2 fully saturated rings. The number of rotatable bonds is 4. The Labute approximate surface area is 114 Å². The Kier molecular flexibility index (Phi) is 3.40. The largest absolute Gasteiger partial charge is 0.493 e. The predicted octanol–water partition coefficient (Wildman–Crippen LogP) is 3.17. The minimum absolute atomic E-state index is 0.366. The van der Waals surface area contributed by atoms with Crippen LogP contribution < -0.4 is 9.47 Å².